The molecule has 136 valence electrons. The van der Waals surface area contributed by atoms with Crippen molar-refractivity contribution in [3.8, 4) is 0 Å². The second-order valence-corrected chi connectivity index (χ2v) is 8.18. The lowest BCUT2D eigenvalue weighted by atomic mass is 9.73. The summed E-state index contributed by atoms with van der Waals surface area (Å²) in [6.45, 7) is 12.8. The highest BCUT2D eigenvalue weighted by Gasteiger charge is 2.28. The number of ether oxygens (including phenoxy) is 1. The van der Waals surface area contributed by atoms with Crippen molar-refractivity contribution < 1.29 is 4.74 Å². The Morgan fingerprint density at radius 3 is 2.68 bits per heavy atom. The minimum absolute atomic E-state index is 0.496. The molecule has 0 bridgehead atoms. The molecule has 25 heavy (non-hydrogen) atoms. The van der Waals surface area contributed by atoms with Crippen LogP contribution in [0.5, 0.6) is 0 Å². The van der Waals surface area contributed by atoms with E-state index in [0.29, 0.717) is 17.8 Å². The van der Waals surface area contributed by atoms with Gasteiger partial charge in [0.05, 0.1) is 13.2 Å². The van der Waals surface area contributed by atoms with Crippen LogP contribution in [0, 0.1) is 5.92 Å². The van der Waals surface area contributed by atoms with Gasteiger partial charge in [-0.15, -0.1) is 0 Å². The van der Waals surface area contributed by atoms with Gasteiger partial charge in [0.25, 0.3) is 0 Å². The lowest BCUT2D eigenvalue weighted by Crippen LogP contribution is -2.26. The van der Waals surface area contributed by atoms with E-state index in [0.717, 1.165) is 13.2 Å². The summed E-state index contributed by atoms with van der Waals surface area (Å²) in [6.07, 6.45) is 10.1. The summed E-state index contributed by atoms with van der Waals surface area (Å²) in [5.41, 5.74) is 7.44. The summed E-state index contributed by atoms with van der Waals surface area (Å²) in [5, 5.41) is 0. The largest absolute Gasteiger partial charge is 0.380 e. The maximum atomic E-state index is 5.51. The van der Waals surface area contributed by atoms with Crippen LogP contribution in [0.15, 0.2) is 42.0 Å². The normalized spacial score (nSPS) is 23.9. The Labute approximate surface area is 154 Å². The van der Waals surface area contributed by atoms with Crippen LogP contribution in [-0.2, 0) is 11.2 Å². The van der Waals surface area contributed by atoms with Gasteiger partial charge in [-0.3, -0.25) is 0 Å². The number of hydrogen-bond acceptors (Lipinski definition) is 1. The lowest BCUT2D eigenvalue weighted by molar-refractivity contribution is 0.00803. The maximum Gasteiger partial charge on any atom is 0.0557 e. The van der Waals surface area contributed by atoms with Crippen molar-refractivity contribution in [2.24, 2.45) is 5.92 Å². The highest BCUT2D eigenvalue weighted by Crippen LogP contribution is 2.41. The molecular weight excluding hydrogens is 304 g/mol. The van der Waals surface area contributed by atoms with Gasteiger partial charge in [-0.2, -0.15) is 0 Å². The van der Waals surface area contributed by atoms with Gasteiger partial charge in [-0.05, 0) is 62.1 Å². The van der Waals surface area contributed by atoms with Gasteiger partial charge in [0.1, 0.15) is 0 Å². The van der Waals surface area contributed by atoms with E-state index in [1.807, 2.05) is 0 Å². The summed E-state index contributed by atoms with van der Waals surface area (Å²) in [6, 6.07) is 7.30. The quantitative estimate of drug-likeness (QED) is 0.404. The van der Waals surface area contributed by atoms with Crippen molar-refractivity contribution in [1.82, 2.24) is 0 Å². The second kappa shape index (κ2) is 8.36. The number of hydrogen-bond donors (Lipinski definition) is 0. The SMILES string of the molecule is C=C(C)C1CCC(C)=CC1c1ccc(CCCCC)c(C2COC2)c1. The van der Waals surface area contributed by atoms with Gasteiger partial charge in [0.15, 0.2) is 0 Å². The number of unbranched alkanes of at least 4 members (excludes halogenated alkanes) is 2. The first-order valence-electron chi connectivity index (χ1n) is 10.1. The zero-order valence-corrected chi connectivity index (χ0v) is 16.3. The van der Waals surface area contributed by atoms with Crippen LogP contribution < -0.4 is 0 Å². The molecule has 1 heterocycles. The molecule has 0 spiro atoms. The van der Waals surface area contributed by atoms with E-state index in [-0.39, 0.29) is 0 Å². The fourth-order valence-electron chi connectivity index (χ4n) is 4.36. The predicted molar refractivity (Wildman–Crippen MR) is 107 cm³/mol. The van der Waals surface area contributed by atoms with Crippen LogP contribution in [0.4, 0.5) is 0 Å². The standard InChI is InChI=1S/C24H34O/c1-5-6-7-8-19-10-11-20(14-23(19)21-15-25-16-21)24-13-18(4)9-12-22(24)17(2)3/h10-11,13-14,21-22,24H,2,5-9,12,15-16H2,1,3-4H3. The van der Waals surface area contributed by atoms with Crippen LogP contribution in [0.1, 0.15) is 81.4 Å². The fraction of sp³-hybridized carbons (Fsp3) is 0.583. The number of rotatable bonds is 7. The lowest BCUT2D eigenvalue weighted by Gasteiger charge is -2.33. The minimum Gasteiger partial charge on any atom is -0.380 e. The van der Waals surface area contributed by atoms with Crippen LogP contribution in [0.3, 0.4) is 0 Å². The summed E-state index contributed by atoms with van der Waals surface area (Å²) in [5.74, 6) is 1.68. The Hall–Kier alpha value is -1.34. The van der Waals surface area contributed by atoms with Gasteiger partial charge in [-0.25, -0.2) is 0 Å². The molecule has 1 aromatic rings. The predicted octanol–water partition coefficient (Wildman–Crippen LogP) is 6.55. The molecule has 1 nitrogen and oxygen atoms in total. The van der Waals surface area contributed by atoms with Crippen LogP contribution >= 0.6 is 0 Å². The third-order valence-corrected chi connectivity index (χ3v) is 6.06. The zero-order chi connectivity index (χ0) is 17.8. The molecule has 2 atom stereocenters. The molecule has 2 unspecified atom stereocenters. The Morgan fingerprint density at radius 1 is 1.24 bits per heavy atom. The van der Waals surface area contributed by atoms with Crippen LogP contribution in [-0.4, -0.2) is 13.2 Å². The molecule has 0 saturated carbocycles. The van der Waals surface area contributed by atoms with E-state index >= 15 is 0 Å². The first-order chi connectivity index (χ1) is 12.1. The molecule has 0 aromatic heterocycles. The van der Waals surface area contributed by atoms with E-state index in [9.17, 15) is 0 Å². The summed E-state index contributed by atoms with van der Waals surface area (Å²) in [7, 11) is 0. The molecule has 0 N–H and O–H groups in total. The summed E-state index contributed by atoms with van der Waals surface area (Å²) < 4.78 is 5.51. The van der Waals surface area contributed by atoms with Crippen LogP contribution in [0.2, 0.25) is 0 Å². The topological polar surface area (TPSA) is 9.23 Å². The Morgan fingerprint density at radius 2 is 2.04 bits per heavy atom. The molecule has 1 aliphatic heterocycles. The first kappa shape index (κ1) is 18.5. The van der Waals surface area contributed by atoms with Crippen molar-refractivity contribution in [3.63, 3.8) is 0 Å². The molecular formula is C24H34O. The Kier molecular flexibility index (Phi) is 6.17. The van der Waals surface area contributed by atoms with Crippen molar-refractivity contribution in [2.45, 2.75) is 71.1 Å². The molecule has 1 aliphatic carbocycles. The van der Waals surface area contributed by atoms with E-state index in [1.165, 1.54) is 55.2 Å². The highest BCUT2D eigenvalue weighted by molar-refractivity contribution is 5.40. The fourth-order valence-corrected chi connectivity index (χ4v) is 4.36. The van der Waals surface area contributed by atoms with E-state index in [1.54, 1.807) is 11.1 Å². The maximum absolute atomic E-state index is 5.51. The molecule has 3 rings (SSSR count). The van der Waals surface area contributed by atoms with Gasteiger partial charge in [0.2, 0.25) is 0 Å². The van der Waals surface area contributed by atoms with Crippen LogP contribution in [0.25, 0.3) is 0 Å². The third-order valence-electron chi connectivity index (χ3n) is 6.06. The van der Waals surface area contributed by atoms with Gasteiger partial charge in [0, 0.05) is 11.8 Å². The summed E-state index contributed by atoms with van der Waals surface area (Å²) in [4.78, 5) is 0. The Bertz CT molecular complexity index is 635. The summed E-state index contributed by atoms with van der Waals surface area (Å²) >= 11 is 0. The van der Waals surface area contributed by atoms with Crippen molar-refractivity contribution in [2.75, 3.05) is 13.2 Å². The number of benzene rings is 1. The average molecular weight is 339 g/mol. The monoisotopic (exact) mass is 338 g/mol. The third kappa shape index (κ3) is 4.26. The molecule has 0 radical (unpaired) electrons. The molecule has 0 amide bonds. The van der Waals surface area contributed by atoms with Crippen molar-refractivity contribution in [3.05, 3.63) is 58.7 Å². The average Bonchev–Trinajstić information content (AvgIpc) is 2.54. The van der Waals surface area contributed by atoms with Gasteiger partial charge >= 0.3 is 0 Å². The highest BCUT2D eigenvalue weighted by atomic mass is 16.5. The second-order valence-electron chi connectivity index (χ2n) is 8.18. The number of aryl methyl sites for hydroxylation is 1. The molecule has 1 heteroatoms. The van der Waals surface area contributed by atoms with E-state index < -0.39 is 0 Å². The van der Waals surface area contributed by atoms with E-state index in [2.05, 4.69) is 51.6 Å². The molecule has 1 saturated heterocycles. The van der Waals surface area contributed by atoms with E-state index in [4.69, 9.17) is 4.74 Å². The molecule has 1 fully saturated rings. The van der Waals surface area contributed by atoms with Gasteiger partial charge < -0.3 is 4.74 Å². The minimum atomic E-state index is 0.496. The number of allylic oxidation sites excluding steroid dienone is 3. The smallest absolute Gasteiger partial charge is 0.0557 e. The zero-order valence-electron chi connectivity index (χ0n) is 16.3. The van der Waals surface area contributed by atoms with Crippen molar-refractivity contribution >= 4 is 0 Å². The molecule has 1 aromatic carbocycles. The Balaban J connectivity index is 1.90. The molecule has 2 aliphatic rings. The first-order valence-corrected chi connectivity index (χ1v) is 10.1. The van der Waals surface area contributed by atoms with Crippen molar-refractivity contribution in [1.29, 1.82) is 0 Å². The van der Waals surface area contributed by atoms with Gasteiger partial charge in [-0.1, -0.05) is 61.8 Å².